The number of aliphatic carboxylic acids is 1. The van der Waals surface area contributed by atoms with Crippen molar-refractivity contribution in [1.82, 2.24) is 0 Å². The van der Waals surface area contributed by atoms with Crippen molar-refractivity contribution in [1.29, 1.82) is 0 Å². The van der Waals surface area contributed by atoms with Crippen LogP contribution in [0.4, 0.5) is 4.39 Å². The third kappa shape index (κ3) is 7.42. The molecule has 0 heterocycles. The van der Waals surface area contributed by atoms with E-state index in [1.54, 1.807) is 6.07 Å². The van der Waals surface area contributed by atoms with Crippen molar-refractivity contribution in [2.75, 3.05) is 20.0 Å². The van der Waals surface area contributed by atoms with Crippen LogP contribution in [0.2, 0.25) is 25.7 Å². The first-order valence-corrected chi connectivity index (χ1v) is 11.8. The van der Waals surface area contributed by atoms with Gasteiger partial charge in [-0.25, -0.2) is 9.18 Å². The van der Waals surface area contributed by atoms with E-state index >= 15 is 0 Å². The number of benzene rings is 1. The van der Waals surface area contributed by atoms with Crippen LogP contribution in [-0.4, -0.2) is 39.2 Å². The first-order chi connectivity index (χ1) is 11.2. The van der Waals surface area contributed by atoms with Gasteiger partial charge in [0.2, 0.25) is 0 Å². The van der Waals surface area contributed by atoms with Crippen molar-refractivity contribution in [3.8, 4) is 5.75 Å². The van der Waals surface area contributed by atoms with E-state index in [2.05, 4.69) is 19.6 Å². The van der Waals surface area contributed by atoms with E-state index in [1.807, 2.05) is 6.92 Å². The zero-order valence-electron chi connectivity index (χ0n) is 14.8. The number of carbonyl (C=O) groups is 1. The molecule has 0 radical (unpaired) electrons. The highest BCUT2D eigenvalue weighted by Gasteiger charge is 2.24. The van der Waals surface area contributed by atoms with E-state index in [-0.39, 0.29) is 12.4 Å². The van der Waals surface area contributed by atoms with E-state index in [9.17, 15) is 14.3 Å². The molecular weight excluding hydrogens is 331 g/mol. The normalized spacial score (nSPS) is 12.9. The van der Waals surface area contributed by atoms with Crippen LogP contribution in [0.25, 0.3) is 0 Å². The Kier molecular flexibility index (Phi) is 8.37. The van der Waals surface area contributed by atoms with Crippen molar-refractivity contribution >= 4 is 14.0 Å². The minimum Gasteiger partial charge on any atom is -0.494 e. The van der Waals surface area contributed by atoms with Crippen molar-refractivity contribution in [2.24, 2.45) is 0 Å². The summed E-state index contributed by atoms with van der Waals surface area (Å²) in [6.07, 6.45) is -0.601. The maximum atomic E-state index is 14.2. The van der Waals surface area contributed by atoms with Gasteiger partial charge in [-0.05, 0) is 24.6 Å². The van der Waals surface area contributed by atoms with Crippen molar-refractivity contribution in [3.63, 3.8) is 0 Å². The second-order valence-corrected chi connectivity index (χ2v) is 12.4. The SMILES string of the molecule is CCCOc1ccc(C(OCOCC[Si](C)(C)C)C(=O)O)c(F)c1. The van der Waals surface area contributed by atoms with Gasteiger partial charge in [-0.3, -0.25) is 0 Å². The molecule has 0 amide bonds. The molecule has 24 heavy (non-hydrogen) atoms. The summed E-state index contributed by atoms with van der Waals surface area (Å²) < 4.78 is 30.0. The van der Waals surface area contributed by atoms with E-state index in [0.717, 1.165) is 12.5 Å². The zero-order valence-corrected chi connectivity index (χ0v) is 15.8. The number of rotatable bonds is 11. The number of ether oxygens (including phenoxy) is 3. The number of carboxylic acids is 1. The van der Waals surface area contributed by atoms with Gasteiger partial charge < -0.3 is 19.3 Å². The van der Waals surface area contributed by atoms with Gasteiger partial charge in [-0.1, -0.05) is 26.6 Å². The minimum absolute atomic E-state index is 0.0415. The Hall–Kier alpha value is -1.44. The lowest BCUT2D eigenvalue weighted by Crippen LogP contribution is -2.23. The quantitative estimate of drug-likeness (QED) is 0.367. The molecule has 7 heteroatoms. The molecule has 1 aromatic carbocycles. The molecule has 0 aliphatic heterocycles. The molecule has 0 spiro atoms. The molecule has 0 saturated carbocycles. The Labute approximate surface area is 143 Å². The third-order valence-electron chi connectivity index (χ3n) is 3.27. The number of hydrogen-bond donors (Lipinski definition) is 1. The fourth-order valence-corrected chi connectivity index (χ4v) is 2.63. The standard InChI is InChI=1S/C17H27FO5Si/c1-5-8-22-13-6-7-14(15(18)11-13)16(17(19)20)23-12-21-9-10-24(2,3)4/h6-7,11,16H,5,8-10,12H2,1-4H3,(H,19,20). The molecule has 0 aliphatic rings. The molecule has 1 rings (SSSR count). The number of halogens is 1. The molecule has 1 aromatic rings. The lowest BCUT2D eigenvalue weighted by Gasteiger charge is -2.18. The summed E-state index contributed by atoms with van der Waals surface area (Å²) in [6.45, 7) is 9.39. The Morgan fingerprint density at radius 1 is 1.29 bits per heavy atom. The van der Waals surface area contributed by atoms with Gasteiger partial charge in [-0.2, -0.15) is 0 Å². The number of hydrogen-bond acceptors (Lipinski definition) is 4. The highest BCUT2D eigenvalue weighted by molar-refractivity contribution is 6.76. The Bertz CT molecular complexity index is 530. The highest BCUT2D eigenvalue weighted by atomic mass is 28.3. The van der Waals surface area contributed by atoms with Gasteiger partial charge in [-0.15, -0.1) is 0 Å². The summed E-state index contributed by atoms with van der Waals surface area (Å²) >= 11 is 0. The van der Waals surface area contributed by atoms with Crippen molar-refractivity contribution < 1.29 is 28.5 Å². The van der Waals surface area contributed by atoms with Crippen molar-refractivity contribution in [3.05, 3.63) is 29.6 Å². The Morgan fingerprint density at radius 2 is 2.00 bits per heavy atom. The smallest absolute Gasteiger partial charge is 0.337 e. The van der Waals surface area contributed by atoms with Crippen LogP contribution >= 0.6 is 0 Å². The first-order valence-electron chi connectivity index (χ1n) is 8.09. The van der Waals surface area contributed by atoms with Gasteiger partial charge in [0.15, 0.2) is 6.10 Å². The largest absolute Gasteiger partial charge is 0.494 e. The van der Waals surface area contributed by atoms with Crippen LogP contribution in [0.3, 0.4) is 0 Å². The second kappa shape index (κ2) is 9.76. The zero-order chi connectivity index (χ0) is 18.2. The van der Waals surface area contributed by atoms with Gasteiger partial charge in [0.25, 0.3) is 0 Å². The van der Waals surface area contributed by atoms with E-state index in [4.69, 9.17) is 14.2 Å². The second-order valence-electron chi connectivity index (χ2n) is 6.75. The average molecular weight is 358 g/mol. The molecule has 0 fully saturated rings. The molecule has 1 atom stereocenters. The fourth-order valence-electron chi connectivity index (χ4n) is 1.88. The van der Waals surface area contributed by atoms with Crippen LogP contribution in [0.15, 0.2) is 18.2 Å². The summed E-state index contributed by atoms with van der Waals surface area (Å²) in [7, 11) is -1.22. The third-order valence-corrected chi connectivity index (χ3v) is 4.97. The van der Waals surface area contributed by atoms with Crippen molar-refractivity contribution in [2.45, 2.75) is 45.1 Å². The van der Waals surface area contributed by atoms with E-state index in [1.165, 1.54) is 12.1 Å². The summed E-state index contributed by atoms with van der Waals surface area (Å²) in [4.78, 5) is 11.4. The lowest BCUT2D eigenvalue weighted by atomic mass is 10.1. The summed E-state index contributed by atoms with van der Waals surface area (Å²) in [5.41, 5.74) is -0.0415. The van der Waals surface area contributed by atoms with Crippen LogP contribution in [0.5, 0.6) is 5.75 Å². The van der Waals surface area contributed by atoms with Gasteiger partial charge in [0.1, 0.15) is 18.4 Å². The molecule has 0 aliphatic carbocycles. The van der Waals surface area contributed by atoms with E-state index in [0.29, 0.717) is 19.0 Å². The van der Waals surface area contributed by atoms with Gasteiger partial charge >= 0.3 is 5.97 Å². The molecule has 1 N–H and O–H groups in total. The first kappa shape index (κ1) is 20.6. The molecule has 0 saturated heterocycles. The molecule has 0 aromatic heterocycles. The predicted octanol–water partition coefficient (Wildman–Crippen LogP) is 4.07. The van der Waals surface area contributed by atoms with Crippen LogP contribution < -0.4 is 4.74 Å². The van der Waals surface area contributed by atoms with Crippen LogP contribution in [0, 0.1) is 5.82 Å². The van der Waals surface area contributed by atoms with E-state index < -0.39 is 26.0 Å². The minimum atomic E-state index is -1.41. The molecular formula is C17H27FO5Si. The van der Waals surface area contributed by atoms with Gasteiger partial charge in [0, 0.05) is 26.3 Å². The monoisotopic (exact) mass is 358 g/mol. The molecule has 5 nitrogen and oxygen atoms in total. The van der Waals surface area contributed by atoms with Crippen LogP contribution in [0.1, 0.15) is 25.0 Å². The summed E-state index contributed by atoms with van der Waals surface area (Å²) in [5, 5.41) is 9.28. The molecule has 136 valence electrons. The molecule has 1 unspecified atom stereocenters. The average Bonchev–Trinajstić information content (AvgIpc) is 2.48. The Morgan fingerprint density at radius 3 is 2.54 bits per heavy atom. The maximum absolute atomic E-state index is 14.2. The Balaban J connectivity index is 2.63. The van der Waals surface area contributed by atoms with Crippen LogP contribution in [-0.2, 0) is 14.3 Å². The maximum Gasteiger partial charge on any atom is 0.337 e. The highest BCUT2D eigenvalue weighted by Crippen LogP contribution is 2.25. The molecule has 0 bridgehead atoms. The fraction of sp³-hybridized carbons (Fsp3) is 0.588. The predicted molar refractivity (Wildman–Crippen MR) is 92.6 cm³/mol. The summed E-state index contributed by atoms with van der Waals surface area (Å²) in [5.74, 6) is -1.56. The lowest BCUT2D eigenvalue weighted by molar-refractivity contribution is -0.161. The summed E-state index contributed by atoms with van der Waals surface area (Å²) in [6, 6.07) is 5.04. The number of carboxylic acid groups (broad SMARTS) is 1. The van der Waals surface area contributed by atoms with Gasteiger partial charge in [0.05, 0.1) is 6.61 Å². The topological polar surface area (TPSA) is 65.0 Å².